The molecule has 0 fully saturated rings. The molecule has 1 aromatic heterocycles. The first-order valence-electron chi connectivity index (χ1n) is 4.67. The van der Waals surface area contributed by atoms with Crippen LogP contribution in [-0.4, -0.2) is 26.3 Å². The highest BCUT2D eigenvalue weighted by atomic mass is 32.2. The van der Waals surface area contributed by atoms with Crippen molar-refractivity contribution < 1.29 is 9.90 Å². The van der Waals surface area contributed by atoms with Crippen molar-refractivity contribution in [3.8, 4) is 6.07 Å². The minimum absolute atomic E-state index is 0.0307. The van der Waals surface area contributed by atoms with Crippen LogP contribution in [0.1, 0.15) is 19.5 Å². The fraction of sp³-hybridized carbons (Fsp3) is 0.400. The summed E-state index contributed by atoms with van der Waals surface area (Å²) < 4.78 is 0. The number of carboxylic acid groups (broad SMARTS) is 1. The Morgan fingerprint density at radius 3 is 2.81 bits per heavy atom. The summed E-state index contributed by atoms with van der Waals surface area (Å²) in [7, 11) is 0. The van der Waals surface area contributed by atoms with Crippen LogP contribution in [-0.2, 0) is 4.79 Å². The number of aliphatic carboxylic acids is 1. The third-order valence-corrected chi connectivity index (χ3v) is 3.24. The lowest BCUT2D eigenvalue weighted by Crippen LogP contribution is -2.22. The van der Waals surface area contributed by atoms with Gasteiger partial charge in [0.05, 0.1) is 0 Å². The monoisotopic (exact) mass is 237 g/mol. The molecule has 0 aliphatic heterocycles. The summed E-state index contributed by atoms with van der Waals surface area (Å²) in [6.45, 7) is 3.64. The summed E-state index contributed by atoms with van der Waals surface area (Å²) in [5.74, 6) is -0.928. The molecular weight excluding hydrogens is 226 g/mol. The number of thioether (sulfide) groups is 1. The Morgan fingerprint density at radius 2 is 2.31 bits per heavy atom. The Labute approximate surface area is 97.5 Å². The molecule has 5 nitrogen and oxygen atoms in total. The molecule has 0 bridgehead atoms. The molecule has 0 aliphatic rings. The van der Waals surface area contributed by atoms with Gasteiger partial charge in [0, 0.05) is 6.20 Å². The molecule has 1 heterocycles. The van der Waals surface area contributed by atoms with E-state index in [1.807, 2.05) is 19.9 Å². The van der Waals surface area contributed by atoms with Crippen LogP contribution >= 0.6 is 11.8 Å². The zero-order valence-corrected chi connectivity index (χ0v) is 9.73. The first-order valence-corrected chi connectivity index (χ1v) is 5.55. The normalized spacial score (nSPS) is 12.1. The smallest absolute Gasteiger partial charge is 0.317 e. The highest BCUT2D eigenvalue weighted by Crippen LogP contribution is 2.25. The molecule has 16 heavy (non-hydrogen) atoms. The molecule has 0 radical (unpaired) electrons. The van der Waals surface area contributed by atoms with Crippen LogP contribution in [0.25, 0.3) is 0 Å². The first-order chi connectivity index (χ1) is 7.54. The summed E-state index contributed by atoms with van der Waals surface area (Å²) >= 11 is 1.06. The number of nitrogens with zero attached hydrogens (tertiary/aromatic N) is 3. The van der Waals surface area contributed by atoms with Gasteiger partial charge in [0.2, 0.25) is 0 Å². The summed E-state index contributed by atoms with van der Waals surface area (Å²) in [4.78, 5) is 18.8. The van der Waals surface area contributed by atoms with E-state index in [-0.39, 0.29) is 11.6 Å². The van der Waals surface area contributed by atoms with E-state index in [2.05, 4.69) is 9.97 Å². The van der Waals surface area contributed by atoms with Crippen molar-refractivity contribution in [3.63, 3.8) is 0 Å². The van der Waals surface area contributed by atoms with E-state index in [0.29, 0.717) is 5.16 Å². The lowest BCUT2D eigenvalue weighted by atomic mass is 10.1. The van der Waals surface area contributed by atoms with Crippen molar-refractivity contribution in [2.24, 2.45) is 5.92 Å². The predicted octanol–water partition coefficient (Wildman–Crippen LogP) is 1.55. The third-order valence-electron chi connectivity index (χ3n) is 1.83. The number of hydrogen-bond donors (Lipinski definition) is 1. The fourth-order valence-corrected chi connectivity index (χ4v) is 1.92. The molecule has 1 N–H and O–H groups in total. The van der Waals surface area contributed by atoms with Gasteiger partial charge in [0.1, 0.15) is 17.0 Å². The fourth-order valence-electron chi connectivity index (χ4n) is 1.05. The highest BCUT2D eigenvalue weighted by Gasteiger charge is 2.23. The van der Waals surface area contributed by atoms with Gasteiger partial charge in [-0.1, -0.05) is 25.6 Å². The van der Waals surface area contributed by atoms with E-state index in [0.717, 1.165) is 11.8 Å². The zero-order chi connectivity index (χ0) is 12.1. The number of carboxylic acids is 1. The molecule has 0 saturated carbocycles. The molecule has 0 saturated heterocycles. The summed E-state index contributed by atoms with van der Waals surface area (Å²) in [6, 6.07) is 3.37. The number of rotatable bonds is 4. The van der Waals surface area contributed by atoms with Gasteiger partial charge in [-0.25, -0.2) is 9.97 Å². The Morgan fingerprint density at radius 1 is 1.62 bits per heavy atom. The maximum absolute atomic E-state index is 11.0. The quantitative estimate of drug-likeness (QED) is 0.631. The highest BCUT2D eigenvalue weighted by molar-refractivity contribution is 8.00. The Hall–Kier alpha value is -1.61. The average molecular weight is 237 g/mol. The minimum atomic E-state index is -0.897. The van der Waals surface area contributed by atoms with E-state index in [1.165, 1.54) is 12.3 Å². The summed E-state index contributed by atoms with van der Waals surface area (Å²) in [5, 5.41) is 17.4. The molecular formula is C10H11N3O2S. The number of carbonyl (C=O) groups is 1. The van der Waals surface area contributed by atoms with Crippen LogP contribution in [0.5, 0.6) is 0 Å². The van der Waals surface area contributed by atoms with E-state index in [9.17, 15) is 4.79 Å². The Bertz CT molecular complexity index is 428. The second-order valence-electron chi connectivity index (χ2n) is 3.46. The van der Waals surface area contributed by atoms with Crippen LogP contribution in [0.4, 0.5) is 0 Å². The van der Waals surface area contributed by atoms with Gasteiger partial charge in [-0.3, -0.25) is 4.79 Å². The molecule has 1 unspecified atom stereocenters. The van der Waals surface area contributed by atoms with Gasteiger partial charge in [0.25, 0.3) is 0 Å². The maximum atomic E-state index is 11.0. The van der Waals surface area contributed by atoms with Crippen molar-refractivity contribution in [2.75, 3.05) is 0 Å². The largest absolute Gasteiger partial charge is 0.480 e. The van der Waals surface area contributed by atoms with Gasteiger partial charge in [0.15, 0.2) is 5.16 Å². The maximum Gasteiger partial charge on any atom is 0.317 e. The van der Waals surface area contributed by atoms with Crippen LogP contribution in [0.2, 0.25) is 0 Å². The lowest BCUT2D eigenvalue weighted by molar-refractivity contribution is -0.137. The van der Waals surface area contributed by atoms with E-state index in [4.69, 9.17) is 10.4 Å². The van der Waals surface area contributed by atoms with Crippen LogP contribution in [0.15, 0.2) is 17.4 Å². The third kappa shape index (κ3) is 3.21. The second-order valence-corrected chi connectivity index (χ2v) is 4.57. The number of hydrogen-bond acceptors (Lipinski definition) is 5. The molecule has 1 aromatic rings. The van der Waals surface area contributed by atoms with Crippen molar-refractivity contribution in [1.29, 1.82) is 5.26 Å². The second kappa shape index (κ2) is 5.47. The van der Waals surface area contributed by atoms with Crippen LogP contribution in [0, 0.1) is 17.2 Å². The van der Waals surface area contributed by atoms with Crippen molar-refractivity contribution in [3.05, 3.63) is 18.0 Å². The van der Waals surface area contributed by atoms with Gasteiger partial charge in [-0.05, 0) is 12.0 Å². The zero-order valence-electron chi connectivity index (χ0n) is 8.91. The van der Waals surface area contributed by atoms with Crippen molar-refractivity contribution >= 4 is 17.7 Å². The standard InChI is InChI=1S/C10H11N3O2S/c1-6(2)8(9(14)15)16-10-12-4-3-7(5-11)13-10/h3-4,6,8H,1-2H3,(H,14,15). The average Bonchev–Trinajstić information content (AvgIpc) is 2.25. The van der Waals surface area contributed by atoms with Gasteiger partial charge < -0.3 is 5.11 Å². The first kappa shape index (κ1) is 12.5. The molecule has 1 atom stereocenters. The van der Waals surface area contributed by atoms with Crippen LogP contribution < -0.4 is 0 Å². The topological polar surface area (TPSA) is 86.9 Å². The SMILES string of the molecule is CC(C)C(Sc1nccc(C#N)n1)C(=O)O. The van der Waals surface area contributed by atoms with Crippen LogP contribution in [0.3, 0.4) is 0 Å². The van der Waals surface area contributed by atoms with Crippen molar-refractivity contribution in [2.45, 2.75) is 24.3 Å². The minimum Gasteiger partial charge on any atom is -0.480 e. The molecule has 0 spiro atoms. The predicted molar refractivity (Wildman–Crippen MR) is 58.9 cm³/mol. The number of aromatic nitrogens is 2. The Balaban J connectivity index is 2.86. The molecule has 0 aliphatic carbocycles. The Kier molecular flexibility index (Phi) is 4.26. The van der Waals surface area contributed by atoms with Gasteiger partial charge >= 0.3 is 5.97 Å². The van der Waals surface area contributed by atoms with Gasteiger partial charge in [-0.15, -0.1) is 0 Å². The lowest BCUT2D eigenvalue weighted by Gasteiger charge is -2.13. The van der Waals surface area contributed by atoms with Crippen molar-refractivity contribution in [1.82, 2.24) is 9.97 Å². The molecule has 84 valence electrons. The van der Waals surface area contributed by atoms with E-state index in [1.54, 1.807) is 0 Å². The number of nitriles is 1. The molecule has 0 aromatic carbocycles. The summed E-state index contributed by atoms with van der Waals surface area (Å²) in [6.07, 6.45) is 1.45. The molecule has 1 rings (SSSR count). The summed E-state index contributed by atoms with van der Waals surface area (Å²) in [5.41, 5.74) is 0.241. The molecule has 6 heteroatoms. The van der Waals surface area contributed by atoms with Gasteiger partial charge in [-0.2, -0.15) is 5.26 Å². The molecule has 0 amide bonds. The van der Waals surface area contributed by atoms with E-state index >= 15 is 0 Å². The van der Waals surface area contributed by atoms with E-state index < -0.39 is 11.2 Å².